The molecule has 0 bridgehead atoms. The van der Waals surface area contributed by atoms with Gasteiger partial charge in [0.25, 0.3) is 0 Å². The lowest BCUT2D eigenvalue weighted by Gasteiger charge is -2.17. The minimum atomic E-state index is -4.48. The minimum absolute atomic E-state index is 0.109. The molecule has 0 aliphatic heterocycles. The number of pyridine rings is 1. The molecule has 0 aliphatic carbocycles. The Bertz CT molecular complexity index is 421. The van der Waals surface area contributed by atoms with Crippen molar-refractivity contribution < 1.29 is 23.1 Å². The van der Waals surface area contributed by atoms with Crippen LogP contribution in [-0.2, 0) is 11.0 Å². The second-order valence-electron chi connectivity index (χ2n) is 3.88. The highest BCUT2D eigenvalue weighted by Crippen LogP contribution is 2.33. The molecule has 2 N–H and O–H groups in total. The van der Waals surface area contributed by atoms with Crippen molar-refractivity contribution in [2.75, 3.05) is 5.32 Å². The van der Waals surface area contributed by atoms with E-state index in [9.17, 15) is 18.0 Å². The number of nitrogens with zero attached hydrogens (tertiary/aromatic N) is 1. The molecule has 1 atom stereocenters. The van der Waals surface area contributed by atoms with Gasteiger partial charge < -0.3 is 10.4 Å². The molecule has 1 aromatic heterocycles. The molecule has 0 saturated carbocycles. The second kappa shape index (κ2) is 5.70. The Labute approximate surface area is 102 Å². The summed E-state index contributed by atoms with van der Waals surface area (Å²) in [5.41, 5.74) is -0.854. The Morgan fingerprint density at radius 2 is 2.22 bits per heavy atom. The van der Waals surface area contributed by atoms with Gasteiger partial charge in [0.05, 0.1) is 5.56 Å². The van der Waals surface area contributed by atoms with Crippen LogP contribution in [0.4, 0.5) is 19.0 Å². The van der Waals surface area contributed by atoms with E-state index in [1.54, 1.807) is 6.92 Å². The summed E-state index contributed by atoms with van der Waals surface area (Å²) in [6, 6.07) is 1.73. The van der Waals surface area contributed by atoms with Crippen LogP contribution < -0.4 is 5.32 Å². The Morgan fingerprint density at radius 3 is 2.78 bits per heavy atom. The largest absolute Gasteiger partial charge is 0.481 e. The third-order valence-corrected chi connectivity index (χ3v) is 2.29. The van der Waals surface area contributed by atoms with Crippen LogP contribution >= 0.6 is 0 Å². The zero-order valence-electron chi connectivity index (χ0n) is 9.66. The number of anilines is 1. The summed E-state index contributed by atoms with van der Waals surface area (Å²) in [7, 11) is 0. The fourth-order valence-electron chi connectivity index (χ4n) is 1.39. The molecule has 1 unspecified atom stereocenters. The number of hydrogen-bond donors (Lipinski definition) is 2. The van der Waals surface area contributed by atoms with Gasteiger partial charge in [-0.05, 0) is 25.5 Å². The Morgan fingerprint density at radius 1 is 1.56 bits per heavy atom. The van der Waals surface area contributed by atoms with Crippen molar-refractivity contribution in [3.05, 3.63) is 23.9 Å². The van der Waals surface area contributed by atoms with E-state index in [4.69, 9.17) is 5.11 Å². The van der Waals surface area contributed by atoms with Gasteiger partial charge in [0.1, 0.15) is 5.82 Å². The molecule has 0 fully saturated rings. The van der Waals surface area contributed by atoms with Gasteiger partial charge in [0, 0.05) is 18.7 Å². The van der Waals surface area contributed by atoms with Crippen LogP contribution in [0.15, 0.2) is 18.3 Å². The van der Waals surface area contributed by atoms with E-state index in [1.807, 2.05) is 0 Å². The van der Waals surface area contributed by atoms with Crippen LogP contribution in [0.1, 0.15) is 25.3 Å². The van der Waals surface area contributed by atoms with Crippen molar-refractivity contribution in [3.63, 3.8) is 0 Å². The molecular weight excluding hydrogens is 249 g/mol. The zero-order chi connectivity index (χ0) is 13.8. The van der Waals surface area contributed by atoms with Crippen molar-refractivity contribution in [2.24, 2.45) is 0 Å². The first kappa shape index (κ1) is 14.3. The number of rotatable bonds is 5. The van der Waals surface area contributed by atoms with E-state index in [1.165, 1.54) is 12.3 Å². The molecule has 1 rings (SSSR count). The molecule has 1 aromatic rings. The summed E-state index contributed by atoms with van der Waals surface area (Å²) in [4.78, 5) is 14.0. The molecule has 0 amide bonds. The highest BCUT2D eigenvalue weighted by atomic mass is 19.4. The van der Waals surface area contributed by atoms with E-state index in [2.05, 4.69) is 10.3 Å². The number of carboxylic acid groups (broad SMARTS) is 1. The van der Waals surface area contributed by atoms with Crippen LogP contribution in [0.2, 0.25) is 0 Å². The van der Waals surface area contributed by atoms with Gasteiger partial charge >= 0.3 is 12.1 Å². The van der Waals surface area contributed by atoms with Gasteiger partial charge in [0.15, 0.2) is 0 Å². The predicted molar refractivity (Wildman–Crippen MR) is 59.2 cm³/mol. The summed E-state index contributed by atoms with van der Waals surface area (Å²) in [5.74, 6) is -1.26. The van der Waals surface area contributed by atoms with Gasteiger partial charge in [0.2, 0.25) is 0 Å². The molecular formula is C11H13F3N2O2. The maximum Gasteiger partial charge on any atom is 0.419 e. The zero-order valence-corrected chi connectivity index (χ0v) is 9.66. The smallest absolute Gasteiger partial charge is 0.419 e. The Balaban J connectivity index is 2.75. The molecule has 0 radical (unpaired) electrons. The molecule has 1 heterocycles. The predicted octanol–water partition coefficient (Wildman–Crippen LogP) is 2.77. The third kappa shape index (κ3) is 4.23. The summed E-state index contributed by atoms with van der Waals surface area (Å²) >= 11 is 0. The Hall–Kier alpha value is -1.79. The van der Waals surface area contributed by atoms with Crippen LogP contribution in [0, 0.1) is 0 Å². The monoisotopic (exact) mass is 262 g/mol. The minimum Gasteiger partial charge on any atom is -0.481 e. The highest BCUT2D eigenvalue weighted by molar-refractivity contribution is 5.66. The highest BCUT2D eigenvalue weighted by Gasteiger charge is 2.34. The van der Waals surface area contributed by atoms with E-state index in [-0.39, 0.29) is 18.7 Å². The average Bonchev–Trinajstić information content (AvgIpc) is 2.25. The lowest BCUT2D eigenvalue weighted by atomic mass is 10.1. The van der Waals surface area contributed by atoms with Crippen LogP contribution in [0.5, 0.6) is 0 Å². The van der Waals surface area contributed by atoms with Gasteiger partial charge in [-0.1, -0.05) is 0 Å². The number of carboxylic acids is 1. The normalized spacial score (nSPS) is 13.1. The molecule has 0 spiro atoms. The fraction of sp³-hybridized carbons (Fsp3) is 0.455. The van der Waals surface area contributed by atoms with E-state index in [0.29, 0.717) is 0 Å². The van der Waals surface area contributed by atoms with Crippen LogP contribution in [0.3, 0.4) is 0 Å². The summed E-state index contributed by atoms with van der Waals surface area (Å²) < 4.78 is 37.9. The van der Waals surface area contributed by atoms with Crippen LogP contribution in [0.25, 0.3) is 0 Å². The number of nitrogens with one attached hydrogen (secondary N) is 1. The standard InChI is InChI=1S/C11H13F3N2O2/c1-7(4-5-9(17)18)16-10-8(11(12,13)14)3-2-6-15-10/h2-3,6-7H,4-5H2,1H3,(H,15,16)(H,17,18). The van der Waals surface area contributed by atoms with Gasteiger partial charge in [-0.15, -0.1) is 0 Å². The topological polar surface area (TPSA) is 62.2 Å². The molecule has 100 valence electrons. The first-order chi connectivity index (χ1) is 8.30. The van der Waals surface area contributed by atoms with Gasteiger partial charge in [-0.25, -0.2) is 4.98 Å². The molecule has 7 heteroatoms. The van der Waals surface area contributed by atoms with E-state index < -0.39 is 23.8 Å². The number of aliphatic carboxylic acids is 1. The summed E-state index contributed by atoms with van der Waals surface area (Å²) in [6.07, 6.45) is -3.11. The molecule has 0 saturated heterocycles. The number of halogens is 3. The maximum absolute atomic E-state index is 12.6. The average molecular weight is 262 g/mol. The molecule has 0 aliphatic rings. The quantitative estimate of drug-likeness (QED) is 0.856. The van der Waals surface area contributed by atoms with Gasteiger partial charge in [-0.3, -0.25) is 4.79 Å². The maximum atomic E-state index is 12.6. The fourth-order valence-corrected chi connectivity index (χ4v) is 1.39. The first-order valence-electron chi connectivity index (χ1n) is 5.31. The lowest BCUT2D eigenvalue weighted by molar-refractivity contribution is -0.138. The van der Waals surface area contributed by atoms with Crippen molar-refractivity contribution in [2.45, 2.75) is 32.0 Å². The van der Waals surface area contributed by atoms with Crippen molar-refractivity contribution in [1.29, 1.82) is 0 Å². The van der Waals surface area contributed by atoms with Crippen LogP contribution in [-0.4, -0.2) is 22.1 Å². The number of alkyl halides is 3. The molecule has 0 aromatic carbocycles. The SMILES string of the molecule is CC(CCC(=O)O)Nc1ncccc1C(F)(F)F. The molecule has 18 heavy (non-hydrogen) atoms. The number of aromatic nitrogens is 1. The first-order valence-corrected chi connectivity index (χ1v) is 5.31. The molecule has 4 nitrogen and oxygen atoms in total. The summed E-state index contributed by atoms with van der Waals surface area (Å²) in [5, 5.41) is 11.1. The summed E-state index contributed by atoms with van der Waals surface area (Å²) in [6.45, 7) is 1.61. The second-order valence-corrected chi connectivity index (χ2v) is 3.88. The lowest BCUT2D eigenvalue weighted by Crippen LogP contribution is -2.20. The van der Waals surface area contributed by atoms with E-state index in [0.717, 1.165) is 6.07 Å². The van der Waals surface area contributed by atoms with Crippen molar-refractivity contribution in [3.8, 4) is 0 Å². The third-order valence-electron chi connectivity index (χ3n) is 2.29. The number of carbonyl (C=O) groups is 1. The van der Waals surface area contributed by atoms with Crippen molar-refractivity contribution >= 4 is 11.8 Å². The van der Waals surface area contributed by atoms with Crippen molar-refractivity contribution in [1.82, 2.24) is 4.98 Å². The van der Waals surface area contributed by atoms with Gasteiger partial charge in [-0.2, -0.15) is 13.2 Å². The van der Waals surface area contributed by atoms with E-state index >= 15 is 0 Å². The number of hydrogen-bond acceptors (Lipinski definition) is 3. The Kier molecular flexibility index (Phi) is 4.52.